The van der Waals surface area contributed by atoms with Crippen LogP contribution in [0.2, 0.25) is 0 Å². The van der Waals surface area contributed by atoms with Crippen molar-refractivity contribution in [3.63, 3.8) is 0 Å². The second-order valence-corrected chi connectivity index (χ2v) is 4.34. The van der Waals surface area contributed by atoms with Crippen LogP contribution >= 0.6 is 0 Å². The van der Waals surface area contributed by atoms with Crippen LogP contribution in [0.5, 0.6) is 11.5 Å². The maximum absolute atomic E-state index is 10.3. The van der Waals surface area contributed by atoms with E-state index < -0.39 is 0 Å². The molecule has 0 amide bonds. The number of carbonyl (C=O) groups excluding carboxylic acids is 1. The minimum absolute atomic E-state index is 0.288. The Balaban J connectivity index is 2.58. The highest BCUT2D eigenvalue weighted by Gasteiger charge is 2.34. The molecule has 0 atom stereocenters. The Bertz CT molecular complexity index is 473. The summed E-state index contributed by atoms with van der Waals surface area (Å²) < 4.78 is 11.0. The first-order valence-electron chi connectivity index (χ1n) is 5.04. The third-order valence-electron chi connectivity index (χ3n) is 2.56. The molecule has 1 aliphatic heterocycles. The highest BCUT2D eigenvalue weighted by molar-refractivity contribution is 5.66. The van der Waals surface area contributed by atoms with Gasteiger partial charge in [-0.1, -0.05) is 0 Å². The van der Waals surface area contributed by atoms with E-state index >= 15 is 0 Å². The first-order chi connectivity index (χ1) is 7.57. The number of methoxy groups -OCH3 is 1. The maximum Gasteiger partial charge on any atom is 0.240 e. The van der Waals surface area contributed by atoms with Crippen LogP contribution in [-0.2, 0) is 11.2 Å². The summed E-state index contributed by atoms with van der Waals surface area (Å²) in [5, 5.41) is 0. The monoisotopic (exact) mass is 219 g/mol. The minimum Gasteiger partial charge on any atom is -0.496 e. The van der Waals surface area contributed by atoms with Gasteiger partial charge in [-0.05, 0) is 26.0 Å². The molecule has 0 N–H and O–H groups in total. The number of aliphatic imine (C=N–C) groups is 1. The Hall–Kier alpha value is -1.80. The van der Waals surface area contributed by atoms with Gasteiger partial charge in [0.2, 0.25) is 6.08 Å². The summed E-state index contributed by atoms with van der Waals surface area (Å²) in [6.07, 6.45) is 2.28. The molecule has 0 saturated heterocycles. The summed E-state index contributed by atoms with van der Waals surface area (Å²) in [5.41, 5.74) is 1.18. The van der Waals surface area contributed by atoms with E-state index in [0.29, 0.717) is 11.4 Å². The van der Waals surface area contributed by atoms with Crippen LogP contribution in [0, 0.1) is 0 Å². The van der Waals surface area contributed by atoms with E-state index in [1.807, 2.05) is 13.8 Å². The molecule has 0 fully saturated rings. The standard InChI is InChI=1S/C12H13NO3/c1-12(2)6-8-10(15-3)5-4-9(13-7-14)11(8)16-12/h4-5H,6H2,1-3H3. The number of nitrogens with zero attached hydrogens (tertiary/aromatic N) is 1. The van der Waals surface area contributed by atoms with Crippen molar-refractivity contribution < 1.29 is 14.3 Å². The summed E-state index contributed by atoms with van der Waals surface area (Å²) in [5.74, 6) is 1.40. The Labute approximate surface area is 93.9 Å². The first kappa shape index (κ1) is 10.7. The van der Waals surface area contributed by atoms with Gasteiger partial charge >= 0.3 is 0 Å². The highest BCUT2D eigenvalue weighted by atomic mass is 16.5. The number of rotatable bonds is 2. The van der Waals surface area contributed by atoms with Crippen molar-refractivity contribution in [1.82, 2.24) is 0 Å². The summed E-state index contributed by atoms with van der Waals surface area (Å²) in [6, 6.07) is 3.49. The molecule has 1 aromatic rings. The second-order valence-electron chi connectivity index (χ2n) is 4.34. The summed E-state index contributed by atoms with van der Waals surface area (Å²) in [6.45, 7) is 3.97. The SMILES string of the molecule is COc1ccc(N=C=O)c2c1CC(C)(C)O2. The maximum atomic E-state index is 10.3. The van der Waals surface area contributed by atoms with E-state index in [1.54, 1.807) is 19.2 Å². The smallest absolute Gasteiger partial charge is 0.240 e. The number of hydrogen-bond acceptors (Lipinski definition) is 4. The van der Waals surface area contributed by atoms with E-state index in [0.717, 1.165) is 17.7 Å². The van der Waals surface area contributed by atoms with Gasteiger partial charge in [-0.15, -0.1) is 0 Å². The van der Waals surface area contributed by atoms with Gasteiger partial charge in [0.25, 0.3) is 0 Å². The minimum atomic E-state index is -0.288. The van der Waals surface area contributed by atoms with E-state index in [2.05, 4.69) is 4.99 Å². The molecule has 0 bridgehead atoms. The number of benzene rings is 1. The summed E-state index contributed by atoms with van der Waals surface area (Å²) in [4.78, 5) is 13.9. The Morgan fingerprint density at radius 1 is 1.50 bits per heavy atom. The van der Waals surface area contributed by atoms with Crippen molar-refractivity contribution in [2.24, 2.45) is 4.99 Å². The van der Waals surface area contributed by atoms with Crippen molar-refractivity contribution in [1.29, 1.82) is 0 Å². The van der Waals surface area contributed by atoms with Crippen molar-refractivity contribution >= 4 is 11.8 Å². The topological polar surface area (TPSA) is 47.9 Å². The number of hydrogen-bond donors (Lipinski definition) is 0. The molecule has 0 radical (unpaired) electrons. The first-order valence-corrected chi connectivity index (χ1v) is 5.04. The third kappa shape index (κ3) is 1.68. The average Bonchev–Trinajstić information content (AvgIpc) is 2.54. The lowest BCUT2D eigenvalue weighted by molar-refractivity contribution is 0.139. The van der Waals surface area contributed by atoms with Gasteiger partial charge in [-0.25, -0.2) is 4.79 Å². The van der Waals surface area contributed by atoms with Crippen LogP contribution in [0.1, 0.15) is 19.4 Å². The molecule has 4 nitrogen and oxygen atoms in total. The fourth-order valence-electron chi connectivity index (χ4n) is 1.95. The summed E-state index contributed by atoms with van der Waals surface area (Å²) in [7, 11) is 1.61. The highest BCUT2D eigenvalue weighted by Crippen LogP contribution is 2.46. The molecule has 84 valence electrons. The van der Waals surface area contributed by atoms with Crippen molar-refractivity contribution in [3.05, 3.63) is 17.7 Å². The number of ether oxygens (including phenoxy) is 2. The quantitative estimate of drug-likeness (QED) is 0.566. The Kier molecular flexibility index (Phi) is 2.44. The normalized spacial score (nSPS) is 15.9. The van der Waals surface area contributed by atoms with Gasteiger partial charge < -0.3 is 9.47 Å². The van der Waals surface area contributed by atoms with Gasteiger partial charge in [0, 0.05) is 12.0 Å². The molecule has 4 heteroatoms. The van der Waals surface area contributed by atoms with Crippen LogP contribution < -0.4 is 9.47 Å². The van der Waals surface area contributed by atoms with Crippen LogP contribution in [0.15, 0.2) is 17.1 Å². The van der Waals surface area contributed by atoms with Gasteiger partial charge in [0.05, 0.1) is 7.11 Å². The fourth-order valence-corrected chi connectivity index (χ4v) is 1.95. The molecule has 0 saturated carbocycles. The molecule has 1 aliphatic rings. The third-order valence-corrected chi connectivity index (χ3v) is 2.56. The van der Waals surface area contributed by atoms with Crippen molar-refractivity contribution in [2.45, 2.75) is 25.9 Å². The fraction of sp³-hybridized carbons (Fsp3) is 0.417. The molecule has 0 aromatic heterocycles. The Morgan fingerprint density at radius 2 is 2.25 bits per heavy atom. The molecule has 0 unspecified atom stereocenters. The molecule has 0 aliphatic carbocycles. The number of fused-ring (bicyclic) bond motifs is 1. The molecule has 1 aromatic carbocycles. The predicted molar refractivity (Wildman–Crippen MR) is 59.2 cm³/mol. The lowest BCUT2D eigenvalue weighted by Gasteiger charge is -2.17. The zero-order valence-electron chi connectivity index (χ0n) is 9.53. The molecule has 0 spiro atoms. The van der Waals surface area contributed by atoms with Crippen molar-refractivity contribution in [2.75, 3.05) is 7.11 Å². The molecule has 1 heterocycles. The second kappa shape index (κ2) is 3.65. The molecule has 16 heavy (non-hydrogen) atoms. The largest absolute Gasteiger partial charge is 0.496 e. The van der Waals surface area contributed by atoms with E-state index in [4.69, 9.17) is 9.47 Å². The van der Waals surface area contributed by atoms with Gasteiger partial charge in [-0.2, -0.15) is 4.99 Å². The van der Waals surface area contributed by atoms with Gasteiger partial charge in [0.1, 0.15) is 17.0 Å². The molecular formula is C12H13NO3. The van der Waals surface area contributed by atoms with Crippen LogP contribution in [-0.4, -0.2) is 18.8 Å². The number of isocyanates is 1. The van der Waals surface area contributed by atoms with E-state index in [1.165, 1.54) is 6.08 Å². The van der Waals surface area contributed by atoms with Crippen LogP contribution in [0.25, 0.3) is 0 Å². The Morgan fingerprint density at radius 3 is 2.88 bits per heavy atom. The van der Waals surface area contributed by atoms with Gasteiger partial charge in [0.15, 0.2) is 5.75 Å². The zero-order chi connectivity index (χ0) is 11.8. The van der Waals surface area contributed by atoms with Crippen LogP contribution in [0.4, 0.5) is 5.69 Å². The lowest BCUT2D eigenvalue weighted by Crippen LogP contribution is -2.24. The van der Waals surface area contributed by atoms with E-state index in [-0.39, 0.29) is 5.60 Å². The molecular weight excluding hydrogens is 206 g/mol. The zero-order valence-corrected chi connectivity index (χ0v) is 9.53. The lowest BCUT2D eigenvalue weighted by atomic mass is 10.0. The van der Waals surface area contributed by atoms with Crippen molar-refractivity contribution in [3.8, 4) is 11.5 Å². The average molecular weight is 219 g/mol. The van der Waals surface area contributed by atoms with Crippen LogP contribution in [0.3, 0.4) is 0 Å². The van der Waals surface area contributed by atoms with E-state index in [9.17, 15) is 4.79 Å². The summed E-state index contributed by atoms with van der Waals surface area (Å²) >= 11 is 0. The predicted octanol–water partition coefficient (Wildman–Crippen LogP) is 2.38. The molecule has 2 rings (SSSR count). The van der Waals surface area contributed by atoms with Gasteiger partial charge in [-0.3, -0.25) is 0 Å².